The minimum Gasteiger partial charge on any atom is -0.313 e. The Hall–Kier alpha value is -0.580. The van der Waals surface area contributed by atoms with E-state index in [2.05, 4.69) is 22.2 Å². The Morgan fingerprint density at radius 1 is 1.56 bits per heavy atom. The fraction of sp³-hybridized carbons (Fsp3) is 0.769. The zero-order chi connectivity index (χ0) is 13.1. The number of aryl methyl sites for hydroxylation is 2. The van der Waals surface area contributed by atoms with Crippen LogP contribution in [0.4, 0.5) is 0 Å². The van der Waals surface area contributed by atoms with E-state index in [0.717, 1.165) is 42.6 Å². The minimum atomic E-state index is 0.637. The van der Waals surface area contributed by atoms with E-state index in [9.17, 15) is 0 Å². The van der Waals surface area contributed by atoms with Crippen LogP contribution in [0.3, 0.4) is 0 Å². The molecule has 18 heavy (non-hydrogen) atoms. The third kappa shape index (κ3) is 3.05. The molecule has 2 heterocycles. The molecule has 0 aromatic carbocycles. The minimum absolute atomic E-state index is 0.637. The van der Waals surface area contributed by atoms with E-state index < -0.39 is 0 Å². The molecule has 1 fully saturated rings. The van der Waals surface area contributed by atoms with Gasteiger partial charge in [0.1, 0.15) is 0 Å². The van der Waals surface area contributed by atoms with E-state index in [1.807, 2.05) is 18.7 Å². The van der Waals surface area contributed by atoms with Crippen molar-refractivity contribution in [1.29, 1.82) is 0 Å². The summed E-state index contributed by atoms with van der Waals surface area (Å²) in [4.78, 5) is 2.44. The number of hydrogen-bond acceptors (Lipinski definition) is 3. The van der Waals surface area contributed by atoms with E-state index in [0.29, 0.717) is 6.04 Å². The first kappa shape index (κ1) is 13.8. The molecular weight excluding hydrogens is 248 g/mol. The Morgan fingerprint density at radius 3 is 2.83 bits per heavy atom. The first-order chi connectivity index (χ1) is 8.61. The Kier molecular flexibility index (Phi) is 4.65. The van der Waals surface area contributed by atoms with E-state index in [1.165, 1.54) is 12.8 Å². The predicted octanol–water partition coefficient (Wildman–Crippen LogP) is 1.96. The van der Waals surface area contributed by atoms with Crippen LogP contribution in [0, 0.1) is 6.92 Å². The maximum Gasteiger partial charge on any atom is 0.0860 e. The maximum absolute atomic E-state index is 6.31. The highest BCUT2D eigenvalue weighted by Crippen LogP contribution is 2.21. The molecule has 102 valence electrons. The summed E-state index contributed by atoms with van der Waals surface area (Å²) in [5.74, 6) is 0. The molecule has 2 rings (SSSR count). The average Bonchev–Trinajstić information content (AvgIpc) is 2.92. The Morgan fingerprint density at radius 2 is 2.33 bits per heavy atom. The van der Waals surface area contributed by atoms with Gasteiger partial charge in [-0.3, -0.25) is 9.58 Å². The second-order valence-corrected chi connectivity index (χ2v) is 5.47. The molecular formula is C13H23ClN4. The molecule has 1 aliphatic rings. The molecule has 0 saturated carbocycles. The van der Waals surface area contributed by atoms with Crippen LogP contribution in [0.1, 0.15) is 31.2 Å². The summed E-state index contributed by atoms with van der Waals surface area (Å²) in [6.07, 6.45) is 2.59. The average molecular weight is 271 g/mol. The summed E-state index contributed by atoms with van der Waals surface area (Å²) in [5, 5.41) is 8.73. The van der Waals surface area contributed by atoms with Gasteiger partial charge >= 0.3 is 0 Å². The van der Waals surface area contributed by atoms with Crippen LogP contribution in [0.25, 0.3) is 0 Å². The smallest absolute Gasteiger partial charge is 0.0860 e. The van der Waals surface area contributed by atoms with Crippen LogP contribution >= 0.6 is 11.6 Å². The second-order valence-electron chi connectivity index (χ2n) is 5.09. The maximum atomic E-state index is 6.31. The third-order valence-electron chi connectivity index (χ3n) is 3.72. The number of nitrogens with one attached hydrogen (secondary N) is 1. The molecule has 1 aromatic heterocycles. The lowest BCUT2D eigenvalue weighted by Crippen LogP contribution is -2.37. The van der Waals surface area contributed by atoms with Crippen molar-refractivity contribution in [1.82, 2.24) is 20.0 Å². The fourth-order valence-electron chi connectivity index (χ4n) is 2.59. The zero-order valence-corrected chi connectivity index (χ0v) is 12.3. The van der Waals surface area contributed by atoms with Gasteiger partial charge in [-0.1, -0.05) is 18.5 Å². The van der Waals surface area contributed by atoms with Crippen molar-refractivity contribution < 1.29 is 0 Å². The molecule has 0 aliphatic carbocycles. The first-order valence-electron chi connectivity index (χ1n) is 6.75. The van der Waals surface area contributed by atoms with Crippen molar-refractivity contribution >= 4 is 11.6 Å². The molecule has 0 amide bonds. The van der Waals surface area contributed by atoms with Gasteiger partial charge in [-0.15, -0.1) is 0 Å². The first-order valence-corrected chi connectivity index (χ1v) is 7.13. The zero-order valence-electron chi connectivity index (χ0n) is 11.5. The van der Waals surface area contributed by atoms with Crippen molar-refractivity contribution in [3.8, 4) is 0 Å². The number of nitrogens with zero attached hydrogens (tertiary/aromatic N) is 3. The summed E-state index contributed by atoms with van der Waals surface area (Å²) < 4.78 is 1.91. The van der Waals surface area contributed by atoms with Gasteiger partial charge in [0.2, 0.25) is 0 Å². The van der Waals surface area contributed by atoms with Crippen LogP contribution in [-0.2, 0) is 13.6 Å². The molecule has 1 N–H and O–H groups in total. The van der Waals surface area contributed by atoms with Gasteiger partial charge in [-0.2, -0.15) is 5.10 Å². The van der Waals surface area contributed by atoms with Crippen LogP contribution in [-0.4, -0.2) is 40.4 Å². The highest BCUT2D eigenvalue weighted by atomic mass is 35.5. The summed E-state index contributed by atoms with van der Waals surface area (Å²) in [6.45, 7) is 8.33. The summed E-state index contributed by atoms with van der Waals surface area (Å²) in [5.41, 5.74) is 2.04. The van der Waals surface area contributed by atoms with Gasteiger partial charge in [0, 0.05) is 26.2 Å². The molecule has 0 radical (unpaired) electrons. The Balaban J connectivity index is 2.00. The van der Waals surface area contributed by atoms with Crippen molar-refractivity contribution in [2.45, 2.75) is 39.3 Å². The standard InChI is InChI=1S/C13H23ClN4/c1-4-18(8-11-6-5-7-15-11)9-12-13(14)10(2)16-17(12)3/h11,15H,4-9H2,1-3H3. The topological polar surface area (TPSA) is 33.1 Å². The lowest BCUT2D eigenvalue weighted by molar-refractivity contribution is 0.247. The molecule has 0 spiro atoms. The summed E-state index contributed by atoms with van der Waals surface area (Å²) in [7, 11) is 1.97. The van der Waals surface area contributed by atoms with Gasteiger partial charge in [-0.05, 0) is 32.9 Å². The number of halogens is 1. The van der Waals surface area contributed by atoms with Crippen LogP contribution < -0.4 is 5.32 Å². The fourth-order valence-corrected chi connectivity index (χ4v) is 2.81. The molecule has 1 atom stereocenters. The van der Waals surface area contributed by atoms with E-state index in [1.54, 1.807) is 0 Å². The van der Waals surface area contributed by atoms with E-state index in [4.69, 9.17) is 11.6 Å². The highest BCUT2D eigenvalue weighted by Gasteiger charge is 2.19. The highest BCUT2D eigenvalue weighted by molar-refractivity contribution is 6.31. The summed E-state index contributed by atoms with van der Waals surface area (Å²) >= 11 is 6.31. The monoisotopic (exact) mass is 270 g/mol. The van der Waals surface area contributed by atoms with Crippen LogP contribution in [0.2, 0.25) is 5.02 Å². The number of likely N-dealkylation sites (N-methyl/N-ethyl adjacent to an activating group) is 1. The SMILES string of the molecule is CCN(Cc1c(Cl)c(C)nn1C)CC1CCCN1. The molecule has 5 heteroatoms. The molecule has 1 unspecified atom stereocenters. The van der Waals surface area contributed by atoms with E-state index in [-0.39, 0.29) is 0 Å². The Bertz CT molecular complexity index is 396. The van der Waals surface area contributed by atoms with Gasteiger partial charge in [0.05, 0.1) is 16.4 Å². The van der Waals surface area contributed by atoms with Crippen molar-refractivity contribution in [3.63, 3.8) is 0 Å². The lowest BCUT2D eigenvalue weighted by atomic mass is 10.2. The van der Waals surface area contributed by atoms with Gasteiger partial charge < -0.3 is 5.32 Å². The second kappa shape index (κ2) is 6.04. The molecule has 1 saturated heterocycles. The molecule has 0 bridgehead atoms. The van der Waals surface area contributed by atoms with Crippen molar-refractivity contribution in [2.24, 2.45) is 7.05 Å². The number of rotatable bonds is 5. The molecule has 1 aromatic rings. The van der Waals surface area contributed by atoms with Crippen LogP contribution in [0.15, 0.2) is 0 Å². The van der Waals surface area contributed by atoms with Gasteiger partial charge in [-0.25, -0.2) is 0 Å². The lowest BCUT2D eigenvalue weighted by Gasteiger charge is -2.24. The van der Waals surface area contributed by atoms with Gasteiger partial charge in [0.25, 0.3) is 0 Å². The number of hydrogen-bond donors (Lipinski definition) is 1. The molecule has 1 aliphatic heterocycles. The normalized spacial score (nSPS) is 19.9. The third-order valence-corrected chi connectivity index (χ3v) is 4.21. The van der Waals surface area contributed by atoms with E-state index >= 15 is 0 Å². The summed E-state index contributed by atoms with van der Waals surface area (Å²) in [6, 6.07) is 0.637. The largest absolute Gasteiger partial charge is 0.313 e. The van der Waals surface area contributed by atoms with Crippen molar-refractivity contribution in [2.75, 3.05) is 19.6 Å². The predicted molar refractivity (Wildman–Crippen MR) is 74.9 cm³/mol. The molecule has 4 nitrogen and oxygen atoms in total. The number of aromatic nitrogens is 2. The quantitative estimate of drug-likeness (QED) is 0.888. The Labute approximate surface area is 114 Å². The van der Waals surface area contributed by atoms with Crippen LogP contribution in [0.5, 0.6) is 0 Å². The van der Waals surface area contributed by atoms with Gasteiger partial charge in [0.15, 0.2) is 0 Å². The van der Waals surface area contributed by atoms with Crippen molar-refractivity contribution in [3.05, 3.63) is 16.4 Å².